The number of aromatic nitrogens is 6. The van der Waals surface area contributed by atoms with Crippen molar-refractivity contribution in [3.8, 4) is 62.5 Å². The van der Waals surface area contributed by atoms with E-state index in [0.717, 1.165) is 99.2 Å². The molecule has 0 radical (unpaired) electrons. The number of para-hydroxylation sites is 4. The summed E-state index contributed by atoms with van der Waals surface area (Å²) >= 11 is 0. The molecule has 0 saturated heterocycles. The molecular formula is C55H32N6O2. The Morgan fingerprint density at radius 2 is 0.937 bits per heavy atom. The number of furan rings is 2. The number of hydrogen-bond acceptors (Lipinski definition) is 7. The molecule has 8 heteroatoms. The van der Waals surface area contributed by atoms with Crippen LogP contribution in [0, 0.1) is 0 Å². The second kappa shape index (κ2) is 13.9. The van der Waals surface area contributed by atoms with Crippen molar-refractivity contribution in [3.63, 3.8) is 0 Å². The van der Waals surface area contributed by atoms with Gasteiger partial charge in [0.15, 0.2) is 17.5 Å². The van der Waals surface area contributed by atoms with E-state index in [9.17, 15) is 0 Å². The molecule has 0 spiro atoms. The van der Waals surface area contributed by atoms with E-state index in [2.05, 4.69) is 95.6 Å². The van der Waals surface area contributed by atoms with Gasteiger partial charge in [-0.15, -0.1) is 0 Å². The summed E-state index contributed by atoms with van der Waals surface area (Å²) in [6.45, 7) is 0. The zero-order chi connectivity index (χ0) is 41.4. The van der Waals surface area contributed by atoms with Crippen LogP contribution in [0.4, 0.5) is 0 Å². The Hall–Kier alpha value is -8.75. The van der Waals surface area contributed by atoms with Crippen LogP contribution in [0.1, 0.15) is 0 Å². The highest BCUT2D eigenvalue weighted by molar-refractivity contribution is 6.13. The molecule has 0 aliphatic carbocycles. The van der Waals surface area contributed by atoms with Crippen LogP contribution in [-0.2, 0) is 0 Å². The molecule has 13 aromatic rings. The van der Waals surface area contributed by atoms with Gasteiger partial charge in [0.2, 0.25) is 11.7 Å². The summed E-state index contributed by atoms with van der Waals surface area (Å²) in [5.74, 6) is 2.28. The maximum absolute atomic E-state index is 6.51. The largest absolute Gasteiger partial charge is 0.455 e. The van der Waals surface area contributed by atoms with Gasteiger partial charge in [-0.3, -0.25) is 4.57 Å². The lowest BCUT2D eigenvalue weighted by Crippen LogP contribution is -2.06. The molecule has 0 aliphatic heterocycles. The Balaban J connectivity index is 0.999. The molecule has 0 bridgehead atoms. The molecule has 5 heterocycles. The van der Waals surface area contributed by atoms with E-state index in [1.807, 2.05) is 103 Å². The van der Waals surface area contributed by atoms with E-state index < -0.39 is 0 Å². The molecule has 0 unspecified atom stereocenters. The Kier molecular flexibility index (Phi) is 7.74. The second-order valence-corrected chi connectivity index (χ2v) is 15.6. The first-order valence-electron chi connectivity index (χ1n) is 20.8. The van der Waals surface area contributed by atoms with Gasteiger partial charge in [0.1, 0.15) is 16.7 Å². The Labute approximate surface area is 359 Å². The third-order valence-corrected chi connectivity index (χ3v) is 11.9. The highest BCUT2D eigenvalue weighted by Gasteiger charge is 2.22. The molecule has 5 aromatic heterocycles. The third-order valence-electron chi connectivity index (χ3n) is 11.9. The van der Waals surface area contributed by atoms with Gasteiger partial charge >= 0.3 is 0 Å². The zero-order valence-corrected chi connectivity index (χ0v) is 33.5. The topological polar surface area (TPSA) is 95.7 Å². The quantitative estimate of drug-likeness (QED) is 0.165. The summed E-state index contributed by atoms with van der Waals surface area (Å²) in [4.78, 5) is 25.7. The lowest BCUT2D eigenvalue weighted by atomic mass is 9.98. The Morgan fingerprint density at radius 1 is 0.349 bits per heavy atom. The number of rotatable bonds is 6. The molecule has 8 nitrogen and oxygen atoms in total. The molecule has 63 heavy (non-hydrogen) atoms. The van der Waals surface area contributed by atoms with Crippen LogP contribution in [0.25, 0.3) is 128 Å². The molecule has 0 atom stereocenters. The average molecular weight is 809 g/mol. The molecule has 0 N–H and O–H groups in total. The minimum Gasteiger partial charge on any atom is -0.455 e. The van der Waals surface area contributed by atoms with E-state index in [4.69, 9.17) is 33.8 Å². The number of benzene rings is 8. The molecule has 0 fully saturated rings. The minimum atomic E-state index is 0.524. The van der Waals surface area contributed by atoms with Crippen molar-refractivity contribution < 1.29 is 8.83 Å². The first-order valence-corrected chi connectivity index (χ1v) is 20.8. The maximum atomic E-state index is 6.51. The molecule has 0 saturated carbocycles. The molecule has 13 rings (SSSR count). The van der Waals surface area contributed by atoms with E-state index >= 15 is 0 Å². The van der Waals surface area contributed by atoms with Crippen LogP contribution in [-0.4, -0.2) is 29.5 Å². The standard InChI is InChI=1S/C55H32N6O2/c1-3-15-33(16-4-1)51-57-52(34-17-5-2-6-18-34)60-55(59-51)61-44-26-10-7-21-39(44)43-32-37(29-30-45(43)61)53-56-49(48-42-23-9-12-28-47(42)63-54(48)58-53)36-20-13-19-35(31-36)38-24-14-25-41-40-22-8-11-27-46(40)62-50(38)41/h1-32H. The Morgan fingerprint density at radius 3 is 1.71 bits per heavy atom. The van der Waals surface area contributed by atoms with Crippen molar-refractivity contribution in [1.82, 2.24) is 29.5 Å². The van der Waals surface area contributed by atoms with E-state index in [1.165, 1.54) is 0 Å². The van der Waals surface area contributed by atoms with Gasteiger partial charge in [-0.2, -0.15) is 15.0 Å². The summed E-state index contributed by atoms with van der Waals surface area (Å²) in [5.41, 5.74) is 11.4. The second-order valence-electron chi connectivity index (χ2n) is 15.6. The SMILES string of the molecule is c1ccc(-c2nc(-c3ccccc3)nc(-n3c4ccccc4c4cc(-c5nc(-c6cccc(-c7cccc8c7oc7ccccc78)c6)c6c(n5)oc5ccccc56)ccc43)n2)cc1. The fraction of sp³-hybridized carbons (Fsp3) is 0. The predicted molar refractivity (Wildman–Crippen MR) is 251 cm³/mol. The zero-order valence-electron chi connectivity index (χ0n) is 33.5. The van der Waals surface area contributed by atoms with Gasteiger partial charge in [0, 0.05) is 54.7 Å². The molecule has 294 valence electrons. The van der Waals surface area contributed by atoms with E-state index in [-0.39, 0.29) is 0 Å². The maximum Gasteiger partial charge on any atom is 0.238 e. The molecule has 8 aromatic carbocycles. The smallest absolute Gasteiger partial charge is 0.238 e. The van der Waals surface area contributed by atoms with Crippen molar-refractivity contribution in [1.29, 1.82) is 0 Å². The average Bonchev–Trinajstić information content (AvgIpc) is 4.04. The highest BCUT2D eigenvalue weighted by atomic mass is 16.3. The summed E-state index contributed by atoms with van der Waals surface area (Å²) in [6, 6.07) is 65.8. The van der Waals surface area contributed by atoms with Crippen molar-refractivity contribution in [3.05, 3.63) is 194 Å². The molecular weight excluding hydrogens is 777 g/mol. The number of hydrogen-bond donors (Lipinski definition) is 0. The Bertz CT molecular complexity index is 3870. The van der Waals surface area contributed by atoms with Gasteiger partial charge < -0.3 is 8.83 Å². The predicted octanol–water partition coefficient (Wildman–Crippen LogP) is 13.9. The van der Waals surface area contributed by atoms with Gasteiger partial charge in [-0.1, -0.05) is 152 Å². The van der Waals surface area contributed by atoms with Crippen molar-refractivity contribution >= 4 is 65.8 Å². The summed E-state index contributed by atoms with van der Waals surface area (Å²) in [6.07, 6.45) is 0. The van der Waals surface area contributed by atoms with Crippen LogP contribution < -0.4 is 0 Å². The minimum absolute atomic E-state index is 0.524. The summed E-state index contributed by atoms with van der Waals surface area (Å²) < 4.78 is 15.1. The fourth-order valence-corrected chi connectivity index (χ4v) is 8.99. The number of fused-ring (bicyclic) bond motifs is 9. The van der Waals surface area contributed by atoms with Crippen LogP contribution >= 0.6 is 0 Å². The summed E-state index contributed by atoms with van der Waals surface area (Å²) in [5, 5.41) is 6.07. The van der Waals surface area contributed by atoms with E-state index in [1.54, 1.807) is 0 Å². The first-order chi connectivity index (χ1) is 31.2. The van der Waals surface area contributed by atoms with Gasteiger partial charge in [-0.05, 0) is 48.0 Å². The highest BCUT2D eigenvalue weighted by Crippen LogP contribution is 2.41. The monoisotopic (exact) mass is 808 g/mol. The number of nitrogens with zero attached hydrogens (tertiary/aromatic N) is 6. The van der Waals surface area contributed by atoms with Crippen molar-refractivity contribution in [2.45, 2.75) is 0 Å². The van der Waals surface area contributed by atoms with Crippen LogP contribution in [0.5, 0.6) is 0 Å². The van der Waals surface area contributed by atoms with Crippen LogP contribution in [0.2, 0.25) is 0 Å². The van der Waals surface area contributed by atoms with Gasteiger partial charge in [-0.25, -0.2) is 9.97 Å². The fourth-order valence-electron chi connectivity index (χ4n) is 8.99. The van der Waals surface area contributed by atoms with Gasteiger partial charge in [0.25, 0.3) is 0 Å². The van der Waals surface area contributed by atoms with Crippen molar-refractivity contribution in [2.24, 2.45) is 0 Å². The normalized spacial score (nSPS) is 11.8. The van der Waals surface area contributed by atoms with Crippen molar-refractivity contribution in [2.75, 3.05) is 0 Å². The molecule has 0 amide bonds. The summed E-state index contributed by atoms with van der Waals surface area (Å²) in [7, 11) is 0. The van der Waals surface area contributed by atoms with Crippen LogP contribution in [0.15, 0.2) is 203 Å². The lowest BCUT2D eigenvalue weighted by molar-refractivity contribution is 0.653. The van der Waals surface area contributed by atoms with Gasteiger partial charge in [0.05, 0.1) is 22.1 Å². The van der Waals surface area contributed by atoms with Crippen LogP contribution in [0.3, 0.4) is 0 Å². The lowest BCUT2D eigenvalue weighted by Gasteiger charge is -2.11. The van der Waals surface area contributed by atoms with E-state index in [0.29, 0.717) is 29.1 Å². The third kappa shape index (κ3) is 5.66. The first kappa shape index (κ1) is 35.0. The molecule has 0 aliphatic rings.